The van der Waals surface area contributed by atoms with Gasteiger partial charge in [0, 0.05) is 11.6 Å². The Morgan fingerprint density at radius 3 is 2.59 bits per heavy atom. The summed E-state index contributed by atoms with van der Waals surface area (Å²) in [7, 11) is 1.29. The molecule has 7 nitrogen and oxygen atoms in total. The molecule has 144 valence electrons. The summed E-state index contributed by atoms with van der Waals surface area (Å²) >= 11 is 1.19. The second-order valence-corrected chi connectivity index (χ2v) is 7.10. The lowest BCUT2D eigenvalue weighted by Crippen LogP contribution is -2.15. The fourth-order valence-corrected chi connectivity index (χ4v) is 3.87. The summed E-state index contributed by atoms with van der Waals surface area (Å²) in [5, 5.41) is 3.44. The van der Waals surface area contributed by atoms with Crippen molar-refractivity contribution in [3.8, 4) is 11.4 Å². The highest BCUT2D eigenvalue weighted by Crippen LogP contribution is 2.34. The van der Waals surface area contributed by atoms with Gasteiger partial charge in [-0.15, -0.1) is 11.3 Å². The van der Waals surface area contributed by atoms with Crippen molar-refractivity contribution in [1.29, 1.82) is 0 Å². The number of thiophene rings is 1. The zero-order chi connectivity index (χ0) is 20.4. The first-order chi connectivity index (χ1) is 14.1. The largest absolute Gasteiger partial charge is 0.465 e. The van der Waals surface area contributed by atoms with E-state index in [1.807, 2.05) is 30.3 Å². The summed E-state index contributed by atoms with van der Waals surface area (Å²) in [6.07, 6.45) is 1.70. The van der Waals surface area contributed by atoms with Gasteiger partial charge in [-0.3, -0.25) is 9.78 Å². The lowest BCUT2D eigenvalue weighted by atomic mass is 10.1. The maximum Gasteiger partial charge on any atom is 0.339 e. The van der Waals surface area contributed by atoms with E-state index in [0.717, 1.165) is 5.69 Å². The first kappa shape index (κ1) is 18.6. The Bertz CT molecular complexity index is 1220. The van der Waals surface area contributed by atoms with E-state index in [2.05, 4.69) is 15.3 Å². The minimum absolute atomic E-state index is 0.263. The van der Waals surface area contributed by atoms with Gasteiger partial charge in [0.05, 0.1) is 35.4 Å². The Morgan fingerprint density at radius 2 is 1.83 bits per heavy atom. The van der Waals surface area contributed by atoms with E-state index < -0.39 is 11.9 Å². The first-order valence-corrected chi connectivity index (χ1v) is 9.49. The number of nitrogens with one attached hydrogen (secondary N) is 1. The number of nitrogens with zero attached hydrogens (tertiary/aromatic N) is 2. The van der Waals surface area contributed by atoms with Crippen molar-refractivity contribution in [2.24, 2.45) is 0 Å². The summed E-state index contributed by atoms with van der Waals surface area (Å²) in [6, 6.07) is 15.9. The molecule has 0 saturated carbocycles. The molecule has 0 aliphatic heterocycles. The average Bonchev–Trinajstić information content (AvgIpc) is 3.10. The van der Waals surface area contributed by atoms with Gasteiger partial charge >= 0.3 is 5.97 Å². The van der Waals surface area contributed by atoms with Crippen molar-refractivity contribution in [1.82, 2.24) is 9.97 Å². The van der Waals surface area contributed by atoms with Gasteiger partial charge in [-0.25, -0.2) is 9.78 Å². The summed E-state index contributed by atoms with van der Waals surface area (Å²) in [5.74, 6) is -0.951. The Labute approximate surface area is 170 Å². The monoisotopic (exact) mass is 404 g/mol. The molecule has 0 bridgehead atoms. The topological polar surface area (TPSA) is 107 Å². The van der Waals surface area contributed by atoms with Gasteiger partial charge in [-0.1, -0.05) is 18.2 Å². The number of ether oxygens (including phenoxy) is 1. The Hall–Kier alpha value is -3.78. The highest BCUT2D eigenvalue weighted by Gasteiger charge is 2.20. The molecule has 29 heavy (non-hydrogen) atoms. The average molecular weight is 404 g/mol. The molecular weight excluding hydrogens is 388 g/mol. The zero-order valence-corrected chi connectivity index (χ0v) is 16.2. The predicted octanol–water partition coefficient (Wildman–Crippen LogP) is 3.98. The zero-order valence-electron chi connectivity index (χ0n) is 15.4. The second-order valence-electron chi connectivity index (χ2n) is 6.10. The summed E-state index contributed by atoms with van der Waals surface area (Å²) in [4.78, 5) is 34.6. The quantitative estimate of drug-likeness (QED) is 0.498. The minimum Gasteiger partial charge on any atom is -0.465 e. The number of amides is 1. The molecule has 8 heteroatoms. The van der Waals surface area contributed by atoms with Gasteiger partial charge < -0.3 is 15.8 Å². The highest BCUT2D eigenvalue weighted by molar-refractivity contribution is 7.21. The molecule has 0 radical (unpaired) electrons. The van der Waals surface area contributed by atoms with Gasteiger partial charge in [-0.05, 0) is 36.4 Å². The first-order valence-electron chi connectivity index (χ1n) is 8.67. The van der Waals surface area contributed by atoms with E-state index in [9.17, 15) is 9.59 Å². The lowest BCUT2D eigenvalue weighted by Gasteiger charge is -2.09. The summed E-state index contributed by atoms with van der Waals surface area (Å²) in [5.41, 5.74) is 8.60. The van der Waals surface area contributed by atoms with Gasteiger partial charge in [-0.2, -0.15) is 0 Å². The number of benzene rings is 1. The van der Waals surface area contributed by atoms with Crippen molar-refractivity contribution in [2.75, 3.05) is 18.2 Å². The smallest absolute Gasteiger partial charge is 0.339 e. The Kier molecular flexibility index (Phi) is 4.92. The van der Waals surface area contributed by atoms with E-state index in [1.165, 1.54) is 18.4 Å². The molecular formula is C21H16N4O3S. The Balaban J connectivity index is 1.69. The molecule has 1 aromatic carbocycles. The number of aromatic nitrogens is 2. The molecule has 0 saturated heterocycles. The molecule has 0 aliphatic carbocycles. The van der Waals surface area contributed by atoms with Crippen LogP contribution in [0.3, 0.4) is 0 Å². The molecule has 0 spiro atoms. The standard InChI is InChI=1S/C21H16N4O3S/c1-28-21(27)12-6-2-3-7-14(12)24-19(26)18-17(22)13-9-10-16(25-20(13)29-18)15-8-4-5-11-23-15/h2-11H,22H2,1H3,(H,24,26). The SMILES string of the molecule is COC(=O)c1ccccc1NC(=O)c1sc2nc(-c3ccccn3)ccc2c1N. The van der Waals surface area contributed by atoms with Crippen LogP contribution in [0.2, 0.25) is 0 Å². The number of hydrogen-bond acceptors (Lipinski definition) is 7. The van der Waals surface area contributed by atoms with Crippen LogP contribution in [-0.2, 0) is 4.74 Å². The van der Waals surface area contributed by atoms with Crippen LogP contribution in [0, 0.1) is 0 Å². The molecule has 0 aliphatic rings. The van der Waals surface area contributed by atoms with Crippen molar-refractivity contribution in [3.05, 3.63) is 71.2 Å². The number of pyridine rings is 2. The fraction of sp³-hybridized carbons (Fsp3) is 0.0476. The van der Waals surface area contributed by atoms with E-state index in [4.69, 9.17) is 10.5 Å². The van der Waals surface area contributed by atoms with Crippen LogP contribution in [0.1, 0.15) is 20.0 Å². The molecule has 0 unspecified atom stereocenters. The number of nitrogen functional groups attached to an aromatic ring is 1. The summed E-state index contributed by atoms with van der Waals surface area (Å²) < 4.78 is 4.76. The van der Waals surface area contributed by atoms with Gasteiger partial charge in [0.15, 0.2) is 0 Å². The van der Waals surface area contributed by atoms with Crippen LogP contribution in [0.25, 0.3) is 21.6 Å². The van der Waals surface area contributed by atoms with E-state index in [1.54, 1.807) is 30.5 Å². The second kappa shape index (κ2) is 7.69. The third-order valence-electron chi connectivity index (χ3n) is 4.31. The maximum absolute atomic E-state index is 12.8. The molecule has 3 N–H and O–H groups in total. The minimum atomic E-state index is -0.535. The number of esters is 1. The fourth-order valence-electron chi connectivity index (χ4n) is 2.88. The molecule has 4 rings (SSSR count). The van der Waals surface area contributed by atoms with Crippen LogP contribution >= 0.6 is 11.3 Å². The third-order valence-corrected chi connectivity index (χ3v) is 5.42. The number of carbonyl (C=O) groups excluding carboxylic acids is 2. The highest BCUT2D eigenvalue weighted by atomic mass is 32.1. The van der Waals surface area contributed by atoms with Crippen LogP contribution in [-0.4, -0.2) is 29.0 Å². The van der Waals surface area contributed by atoms with Crippen LogP contribution < -0.4 is 11.1 Å². The number of hydrogen-bond donors (Lipinski definition) is 2. The van der Waals surface area contributed by atoms with Crippen molar-refractivity contribution >= 4 is 44.8 Å². The van der Waals surface area contributed by atoms with Crippen molar-refractivity contribution < 1.29 is 14.3 Å². The number of fused-ring (bicyclic) bond motifs is 1. The molecule has 1 amide bonds. The normalized spacial score (nSPS) is 10.7. The van der Waals surface area contributed by atoms with Crippen LogP contribution in [0.5, 0.6) is 0 Å². The van der Waals surface area contributed by atoms with E-state index in [-0.39, 0.29) is 5.56 Å². The number of rotatable bonds is 4. The van der Waals surface area contributed by atoms with Gasteiger partial charge in [0.25, 0.3) is 5.91 Å². The predicted molar refractivity (Wildman–Crippen MR) is 113 cm³/mol. The lowest BCUT2D eigenvalue weighted by molar-refractivity contribution is 0.0602. The van der Waals surface area contributed by atoms with E-state index >= 15 is 0 Å². The third kappa shape index (κ3) is 3.53. The van der Waals surface area contributed by atoms with Crippen molar-refractivity contribution in [2.45, 2.75) is 0 Å². The number of nitrogens with two attached hydrogens (primary N) is 1. The number of anilines is 2. The number of para-hydroxylation sites is 1. The van der Waals surface area contributed by atoms with Crippen molar-refractivity contribution in [3.63, 3.8) is 0 Å². The molecule has 0 atom stereocenters. The Morgan fingerprint density at radius 1 is 1.03 bits per heavy atom. The molecule has 3 aromatic heterocycles. The molecule has 3 heterocycles. The van der Waals surface area contributed by atoms with Crippen LogP contribution in [0.15, 0.2) is 60.8 Å². The summed E-state index contributed by atoms with van der Waals surface area (Å²) in [6.45, 7) is 0. The maximum atomic E-state index is 12.8. The molecule has 4 aromatic rings. The van der Waals surface area contributed by atoms with E-state index in [0.29, 0.717) is 32.2 Å². The van der Waals surface area contributed by atoms with Crippen LogP contribution in [0.4, 0.5) is 11.4 Å². The van der Waals surface area contributed by atoms with Gasteiger partial charge in [0.2, 0.25) is 0 Å². The molecule has 0 fully saturated rings. The number of carbonyl (C=O) groups is 2. The number of methoxy groups -OCH3 is 1. The van der Waals surface area contributed by atoms with Gasteiger partial charge in [0.1, 0.15) is 9.71 Å².